The van der Waals surface area contributed by atoms with Crippen molar-refractivity contribution in [1.29, 1.82) is 0 Å². The van der Waals surface area contributed by atoms with Crippen LogP contribution in [0.15, 0.2) is 24.5 Å². The Labute approximate surface area is 81.4 Å². The first kappa shape index (κ1) is 10.2. The van der Waals surface area contributed by atoms with Gasteiger partial charge in [0.15, 0.2) is 12.4 Å². The van der Waals surface area contributed by atoms with Crippen molar-refractivity contribution in [2.75, 3.05) is 0 Å². The van der Waals surface area contributed by atoms with Crippen LogP contribution in [0.2, 0.25) is 0 Å². The first-order valence-electron chi connectivity index (χ1n) is 5.14. The Bertz CT molecular complexity index is 236. The van der Waals surface area contributed by atoms with Crippen molar-refractivity contribution in [3.63, 3.8) is 0 Å². The monoisotopic (exact) mass is 178 g/mol. The fraction of sp³-hybridized carbons (Fsp3) is 0.583. The van der Waals surface area contributed by atoms with E-state index in [-0.39, 0.29) is 0 Å². The minimum Gasteiger partial charge on any atom is -0.205 e. The molecule has 1 aromatic rings. The maximum Gasteiger partial charge on any atom is 0.169 e. The zero-order valence-corrected chi connectivity index (χ0v) is 8.96. The predicted octanol–water partition coefficient (Wildman–Crippen LogP) is 2.72. The lowest BCUT2D eigenvalue weighted by molar-refractivity contribution is -0.697. The van der Waals surface area contributed by atoms with E-state index < -0.39 is 0 Å². The standard InChI is InChI=1S/C12H20N/c1-11(2)5-4-8-13-9-6-12(3)7-10-13/h6-7,9-11H,4-5,8H2,1-3H3/q+1. The van der Waals surface area contributed by atoms with Crippen LogP contribution in [0.5, 0.6) is 0 Å². The van der Waals surface area contributed by atoms with E-state index in [1.54, 1.807) is 0 Å². The lowest BCUT2D eigenvalue weighted by Gasteiger charge is -2.01. The largest absolute Gasteiger partial charge is 0.205 e. The Morgan fingerprint density at radius 2 is 1.85 bits per heavy atom. The molecule has 0 aliphatic heterocycles. The van der Waals surface area contributed by atoms with Crippen LogP contribution in [0, 0.1) is 12.8 Å². The summed E-state index contributed by atoms with van der Waals surface area (Å²) in [6.07, 6.45) is 6.93. The third-order valence-electron chi connectivity index (χ3n) is 2.26. The number of hydrogen-bond donors (Lipinski definition) is 0. The summed E-state index contributed by atoms with van der Waals surface area (Å²) in [5, 5.41) is 0. The Hall–Kier alpha value is -0.850. The summed E-state index contributed by atoms with van der Waals surface area (Å²) in [5.41, 5.74) is 1.33. The first-order chi connectivity index (χ1) is 6.18. The molecular formula is C12H20N+. The minimum absolute atomic E-state index is 0.825. The second-order valence-corrected chi connectivity index (χ2v) is 4.15. The SMILES string of the molecule is Cc1cc[n+](CCCC(C)C)cc1. The van der Waals surface area contributed by atoms with Gasteiger partial charge in [0.05, 0.1) is 0 Å². The van der Waals surface area contributed by atoms with Gasteiger partial charge in [0.2, 0.25) is 0 Å². The molecule has 0 spiro atoms. The van der Waals surface area contributed by atoms with Crippen LogP contribution in [-0.2, 0) is 6.54 Å². The lowest BCUT2D eigenvalue weighted by Crippen LogP contribution is -2.32. The van der Waals surface area contributed by atoms with Crippen LogP contribution in [0.25, 0.3) is 0 Å². The predicted molar refractivity (Wildman–Crippen MR) is 55.4 cm³/mol. The number of hydrogen-bond acceptors (Lipinski definition) is 0. The molecule has 1 heteroatoms. The first-order valence-corrected chi connectivity index (χ1v) is 5.14. The van der Waals surface area contributed by atoms with Gasteiger partial charge in [-0.25, -0.2) is 4.57 Å². The van der Waals surface area contributed by atoms with Crippen molar-refractivity contribution in [3.05, 3.63) is 30.1 Å². The average Bonchev–Trinajstić information content (AvgIpc) is 2.08. The Morgan fingerprint density at radius 1 is 1.23 bits per heavy atom. The highest BCUT2D eigenvalue weighted by atomic mass is 14.9. The Kier molecular flexibility index (Phi) is 3.94. The molecule has 72 valence electrons. The second kappa shape index (κ2) is 5.00. The van der Waals surface area contributed by atoms with Gasteiger partial charge in [0.25, 0.3) is 0 Å². The molecule has 0 fully saturated rings. The highest BCUT2D eigenvalue weighted by Crippen LogP contribution is 2.02. The zero-order valence-electron chi connectivity index (χ0n) is 8.96. The third kappa shape index (κ3) is 4.07. The van der Waals surface area contributed by atoms with Gasteiger partial charge in [0, 0.05) is 18.6 Å². The van der Waals surface area contributed by atoms with E-state index in [4.69, 9.17) is 0 Å². The maximum atomic E-state index is 2.28. The molecule has 0 atom stereocenters. The van der Waals surface area contributed by atoms with Gasteiger partial charge < -0.3 is 0 Å². The van der Waals surface area contributed by atoms with E-state index >= 15 is 0 Å². The summed E-state index contributed by atoms with van der Waals surface area (Å²) < 4.78 is 2.26. The molecule has 1 nitrogen and oxygen atoms in total. The molecule has 1 aromatic heterocycles. The number of aryl methyl sites for hydroxylation is 2. The van der Waals surface area contributed by atoms with E-state index in [1.807, 2.05) is 0 Å². The van der Waals surface area contributed by atoms with E-state index in [9.17, 15) is 0 Å². The zero-order chi connectivity index (χ0) is 9.68. The molecule has 0 aromatic carbocycles. The van der Waals surface area contributed by atoms with Crippen LogP contribution in [0.4, 0.5) is 0 Å². The van der Waals surface area contributed by atoms with Crippen molar-refractivity contribution < 1.29 is 4.57 Å². The number of nitrogens with zero attached hydrogens (tertiary/aromatic N) is 1. The summed E-state index contributed by atoms with van der Waals surface area (Å²) >= 11 is 0. The highest BCUT2D eigenvalue weighted by molar-refractivity contribution is 5.03. The molecule has 1 heterocycles. The van der Waals surface area contributed by atoms with Crippen LogP contribution >= 0.6 is 0 Å². The highest BCUT2D eigenvalue weighted by Gasteiger charge is 2.00. The van der Waals surface area contributed by atoms with Gasteiger partial charge in [0.1, 0.15) is 6.54 Å². The summed E-state index contributed by atoms with van der Waals surface area (Å²) in [6, 6.07) is 4.32. The summed E-state index contributed by atoms with van der Waals surface area (Å²) in [5.74, 6) is 0.825. The van der Waals surface area contributed by atoms with Gasteiger partial charge >= 0.3 is 0 Å². The smallest absolute Gasteiger partial charge is 0.169 e. The fourth-order valence-electron chi connectivity index (χ4n) is 1.36. The molecule has 0 saturated heterocycles. The average molecular weight is 178 g/mol. The second-order valence-electron chi connectivity index (χ2n) is 4.15. The summed E-state index contributed by atoms with van der Waals surface area (Å²) in [4.78, 5) is 0. The van der Waals surface area contributed by atoms with Crippen molar-refractivity contribution in [1.82, 2.24) is 0 Å². The number of pyridine rings is 1. The van der Waals surface area contributed by atoms with E-state index in [0.717, 1.165) is 12.5 Å². The van der Waals surface area contributed by atoms with Crippen LogP contribution < -0.4 is 4.57 Å². The number of aromatic nitrogens is 1. The molecule has 0 aliphatic carbocycles. The fourth-order valence-corrected chi connectivity index (χ4v) is 1.36. The van der Waals surface area contributed by atoms with Gasteiger partial charge in [-0.1, -0.05) is 13.8 Å². The Morgan fingerprint density at radius 3 is 2.38 bits per heavy atom. The summed E-state index contributed by atoms with van der Waals surface area (Å²) in [7, 11) is 0. The van der Waals surface area contributed by atoms with E-state index in [0.29, 0.717) is 0 Å². The molecule has 0 bridgehead atoms. The van der Waals surface area contributed by atoms with Crippen LogP contribution in [0.3, 0.4) is 0 Å². The molecule has 0 N–H and O–H groups in total. The number of rotatable bonds is 4. The van der Waals surface area contributed by atoms with E-state index in [2.05, 4.69) is 49.9 Å². The molecule has 1 rings (SSSR count). The van der Waals surface area contributed by atoms with Crippen LogP contribution in [0.1, 0.15) is 32.3 Å². The molecule has 0 unspecified atom stereocenters. The van der Waals surface area contributed by atoms with E-state index in [1.165, 1.54) is 18.4 Å². The Balaban J connectivity index is 2.33. The van der Waals surface area contributed by atoms with Gasteiger partial charge in [-0.3, -0.25) is 0 Å². The van der Waals surface area contributed by atoms with Crippen molar-refractivity contribution in [2.45, 2.75) is 40.2 Å². The molecule has 0 amide bonds. The van der Waals surface area contributed by atoms with Gasteiger partial charge in [-0.05, 0) is 24.8 Å². The summed E-state index contributed by atoms with van der Waals surface area (Å²) in [6.45, 7) is 7.83. The van der Waals surface area contributed by atoms with Crippen LogP contribution in [-0.4, -0.2) is 0 Å². The molecule has 13 heavy (non-hydrogen) atoms. The maximum absolute atomic E-state index is 2.28. The normalized spacial score (nSPS) is 10.8. The van der Waals surface area contributed by atoms with Crippen molar-refractivity contribution in [2.24, 2.45) is 5.92 Å². The van der Waals surface area contributed by atoms with Gasteiger partial charge in [-0.15, -0.1) is 0 Å². The molecular weight excluding hydrogens is 158 g/mol. The van der Waals surface area contributed by atoms with Gasteiger partial charge in [-0.2, -0.15) is 0 Å². The molecule has 0 aliphatic rings. The minimum atomic E-state index is 0.825. The molecule has 0 saturated carbocycles. The quantitative estimate of drug-likeness (QED) is 0.624. The molecule has 0 radical (unpaired) electrons. The lowest BCUT2D eigenvalue weighted by atomic mass is 10.1. The topological polar surface area (TPSA) is 3.88 Å². The third-order valence-corrected chi connectivity index (χ3v) is 2.26. The van der Waals surface area contributed by atoms with Crippen molar-refractivity contribution >= 4 is 0 Å². The van der Waals surface area contributed by atoms with Crippen molar-refractivity contribution in [3.8, 4) is 0 Å².